The van der Waals surface area contributed by atoms with Gasteiger partial charge in [-0.05, 0) is 25.8 Å². The first kappa shape index (κ1) is 13.5. The van der Waals surface area contributed by atoms with E-state index >= 15 is 0 Å². The molecule has 1 atom stereocenters. The quantitative estimate of drug-likeness (QED) is 0.712. The third-order valence-corrected chi connectivity index (χ3v) is 4.82. The molecule has 5 nitrogen and oxygen atoms in total. The largest absolute Gasteiger partial charge is 0.393 e. The van der Waals surface area contributed by atoms with E-state index in [1.807, 2.05) is 22.0 Å². The predicted octanol–water partition coefficient (Wildman–Crippen LogP) is 2.50. The van der Waals surface area contributed by atoms with Crippen LogP contribution >= 0.6 is 22.7 Å². The summed E-state index contributed by atoms with van der Waals surface area (Å²) < 4.78 is 2.00. The number of amides is 1. The molecule has 0 saturated carbocycles. The number of nitrogens with one attached hydrogen (secondary N) is 1. The van der Waals surface area contributed by atoms with E-state index in [0.717, 1.165) is 21.7 Å². The minimum absolute atomic E-state index is 0.0671. The molecule has 1 unspecified atom stereocenters. The van der Waals surface area contributed by atoms with Gasteiger partial charge in [-0.2, -0.15) is 0 Å². The predicted molar refractivity (Wildman–Crippen MR) is 81.7 cm³/mol. The van der Waals surface area contributed by atoms with Gasteiger partial charge in [0.15, 0.2) is 4.96 Å². The van der Waals surface area contributed by atoms with Crippen molar-refractivity contribution in [2.24, 2.45) is 0 Å². The lowest BCUT2D eigenvalue weighted by Gasteiger charge is -2.05. The van der Waals surface area contributed by atoms with Crippen LogP contribution in [0.4, 0.5) is 0 Å². The van der Waals surface area contributed by atoms with Gasteiger partial charge >= 0.3 is 0 Å². The van der Waals surface area contributed by atoms with Crippen LogP contribution in [0.1, 0.15) is 29.4 Å². The van der Waals surface area contributed by atoms with Crippen LogP contribution in [-0.4, -0.2) is 33.0 Å². The van der Waals surface area contributed by atoms with Crippen LogP contribution in [0.5, 0.6) is 0 Å². The fourth-order valence-corrected chi connectivity index (χ4v) is 3.76. The third kappa shape index (κ3) is 2.56. The molecule has 20 heavy (non-hydrogen) atoms. The van der Waals surface area contributed by atoms with Crippen molar-refractivity contribution in [3.05, 3.63) is 22.5 Å². The van der Waals surface area contributed by atoms with E-state index in [9.17, 15) is 4.79 Å². The fraction of sp³-hybridized carbons (Fsp3) is 0.385. The van der Waals surface area contributed by atoms with E-state index in [4.69, 9.17) is 5.11 Å². The molecule has 0 aliphatic heterocycles. The maximum absolute atomic E-state index is 12.0. The Morgan fingerprint density at radius 2 is 2.45 bits per heavy atom. The summed E-state index contributed by atoms with van der Waals surface area (Å²) in [4.78, 5) is 19.0. The summed E-state index contributed by atoms with van der Waals surface area (Å²) in [6.07, 6.45) is 3.13. The Labute approximate surface area is 123 Å². The molecule has 0 spiro atoms. The first-order chi connectivity index (χ1) is 9.65. The van der Waals surface area contributed by atoms with E-state index in [-0.39, 0.29) is 12.0 Å². The van der Waals surface area contributed by atoms with E-state index in [1.54, 1.807) is 18.3 Å². The zero-order chi connectivity index (χ0) is 14.1. The van der Waals surface area contributed by atoms with Gasteiger partial charge < -0.3 is 10.4 Å². The van der Waals surface area contributed by atoms with Crippen LogP contribution in [0.3, 0.4) is 0 Å². The molecule has 0 aliphatic carbocycles. The van der Waals surface area contributed by atoms with Gasteiger partial charge in [0.2, 0.25) is 0 Å². The number of thiazole rings is 1. The summed E-state index contributed by atoms with van der Waals surface area (Å²) in [7, 11) is 0. The maximum Gasteiger partial charge on any atom is 0.261 e. The number of fused-ring (bicyclic) bond motifs is 3. The molecule has 0 bridgehead atoms. The molecule has 0 aliphatic rings. The number of aromatic nitrogens is 2. The van der Waals surface area contributed by atoms with Gasteiger partial charge in [0.05, 0.1) is 16.5 Å². The summed E-state index contributed by atoms with van der Waals surface area (Å²) in [5.41, 5.74) is 0.986. The standard InChI is InChI=1S/C13H15N3O2S2/c1-8(17)3-2-4-14-11(18)10-7-9-12(20-10)15-13-16(9)5-6-19-13/h5-8,17H,2-4H2,1H3,(H,14,18). The maximum atomic E-state index is 12.0. The zero-order valence-electron chi connectivity index (χ0n) is 11.0. The minimum Gasteiger partial charge on any atom is -0.393 e. The number of aliphatic hydroxyl groups excluding tert-OH is 1. The van der Waals surface area contributed by atoms with E-state index < -0.39 is 0 Å². The number of hydrogen-bond acceptors (Lipinski definition) is 5. The van der Waals surface area contributed by atoms with Crippen molar-refractivity contribution in [3.8, 4) is 0 Å². The second-order valence-corrected chi connectivity index (χ2v) is 6.62. The topological polar surface area (TPSA) is 66.6 Å². The van der Waals surface area contributed by atoms with Crippen LogP contribution in [-0.2, 0) is 0 Å². The summed E-state index contributed by atoms with van der Waals surface area (Å²) >= 11 is 3.00. The van der Waals surface area contributed by atoms with Crippen molar-refractivity contribution in [1.82, 2.24) is 14.7 Å². The molecule has 7 heteroatoms. The van der Waals surface area contributed by atoms with Gasteiger partial charge in [-0.15, -0.1) is 22.7 Å². The Morgan fingerprint density at radius 1 is 1.60 bits per heavy atom. The van der Waals surface area contributed by atoms with Crippen molar-refractivity contribution in [2.45, 2.75) is 25.9 Å². The molecular weight excluding hydrogens is 294 g/mol. The van der Waals surface area contributed by atoms with Gasteiger partial charge in [-0.25, -0.2) is 4.98 Å². The molecule has 3 aromatic heterocycles. The molecular formula is C13H15N3O2S2. The number of nitrogens with zero attached hydrogens (tertiary/aromatic N) is 2. The minimum atomic E-state index is -0.315. The molecule has 3 heterocycles. The van der Waals surface area contributed by atoms with Crippen molar-refractivity contribution < 1.29 is 9.90 Å². The van der Waals surface area contributed by atoms with Crippen molar-refractivity contribution in [1.29, 1.82) is 0 Å². The lowest BCUT2D eigenvalue weighted by atomic mass is 10.2. The van der Waals surface area contributed by atoms with Crippen LogP contribution in [0.25, 0.3) is 15.3 Å². The second kappa shape index (κ2) is 5.51. The highest BCUT2D eigenvalue weighted by Crippen LogP contribution is 2.28. The summed E-state index contributed by atoms with van der Waals surface area (Å²) in [6, 6.07) is 1.89. The SMILES string of the molecule is CC(O)CCCNC(=O)c1cc2c(nc3sccn32)s1. The highest BCUT2D eigenvalue weighted by atomic mass is 32.1. The number of rotatable bonds is 5. The highest BCUT2D eigenvalue weighted by Gasteiger charge is 2.14. The van der Waals surface area contributed by atoms with E-state index in [0.29, 0.717) is 17.8 Å². The highest BCUT2D eigenvalue weighted by molar-refractivity contribution is 7.21. The third-order valence-electron chi connectivity index (χ3n) is 3.05. The number of imidazole rings is 1. The zero-order valence-corrected chi connectivity index (χ0v) is 12.6. The van der Waals surface area contributed by atoms with Gasteiger partial charge in [0.25, 0.3) is 5.91 Å². The summed E-state index contributed by atoms with van der Waals surface area (Å²) in [5.74, 6) is -0.0671. The lowest BCUT2D eigenvalue weighted by Crippen LogP contribution is -2.24. The van der Waals surface area contributed by atoms with Crippen LogP contribution in [0.2, 0.25) is 0 Å². The Balaban J connectivity index is 1.69. The van der Waals surface area contributed by atoms with Gasteiger partial charge in [0.1, 0.15) is 4.83 Å². The lowest BCUT2D eigenvalue weighted by molar-refractivity contribution is 0.0953. The van der Waals surface area contributed by atoms with Crippen LogP contribution in [0.15, 0.2) is 17.6 Å². The average molecular weight is 309 g/mol. The number of carbonyl (C=O) groups is 1. The first-order valence-corrected chi connectivity index (χ1v) is 8.16. The molecule has 0 aromatic carbocycles. The number of hydrogen-bond donors (Lipinski definition) is 2. The molecule has 106 valence electrons. The molecule has 1 amide bonds. The van der Waals surface area contributed by atoms with E-state index in [2.05, 4.69) is 10.3 Å². The molecule has 2 N–H and O–H groups in total. The normalized spacial score (nSPS) is 13.1. The average Bonchev–Trinajstić information content (AvgIpc) is 3.04. The number of thiophene rings is 1. The summed E-state index contributed by atoms with van der Waals surface area (Å²) in [6.45, 7) is 2.34. The molecule has 0 fully saturated rings. The van der Waals surface area contributed by atoms with Gasteiger partial charge in [-0.1, -0.05) is 0 Å². The van der Waals surface area contributed by atoms with Crippen molar-refractivity contribution in [3.63, 3.8) is 0 Å². The number of carbonyl (C=O) groups excluding carboxylic acids is 1. The number of aliphatic hydroxyl groups is 1. The second-order valence-electron chi connectivity index (χ2n) is 4.72. The molecule has 3 aromatic rings. The molecule has 3 rings (SSSR count). The fourth-order valence-electron chi connectivity index (χ4n) is 2.05. The molecule has 0 radical (unpaired) electrons. The van der Waals surface area contributed by atoms with Crippen LogP contribution in [0, 0.1) is 0 Å². The van der Waals surface area contributed by atoms with Crippen molar-refractivity contribution >= 4 is 43.9 Å². The monoisotopic (exact) mass is 309 g/mol. The Hall–Kier alpha value is -1.44. The van der Waals surface area contributed by atoms with Gasteiger partial charge in [-0.3, -0.25) is 9.20 Å². The smallest absolute Gasteiger partial charge is 0.261 e. The Morgan fingerprint density at radius 3 is 3.25 bits per heavy atom. The van der Waals surface area contributed by atoms with E-state index in [1.165, 1.54) is 11.3 Å². The summed E-state index contributed by atoms with van der Waals surface area (Å²) in [5, 5.41) is 14.0. The van der Waals surface area contributed by atoms with Crippen molar-refractivity contribution in [2.75, 3.05) is 6.54 Å². The molecule has 0 saturated heterocycles. The van der Waals surface area contributed by atoms with Gasteiger partial charge in [0, 0.05) is 18.1 Å². The van der Waals surface area contributed by atoms with Crippen LogP contribution < -0.4 is 5.32 Å². The first-order valence-electron chi connectivity index (χ1n) is 6.46. The Kier molecular flexibility index (Phi) is 3.73. The Bertz CT molecular complexity index is 741.